The van der Waals surface area contributed by atoms with Gasteiger partial charge in [-0.25, -0.2) is 4.98 Å². The van der Waals surface area contributed by atoms with Gasteiger partial charge in [0.1, 0.15) is 12.3 Å². The lowest BCUT2D eigenvalue weighted by atomic mass is 10.0. The molecule has 3 rings (SSSR count). The molecule has 0 bridgehead atoms. The standard InChI is InChI=1S/C18H13Cl4N3O.C18H38O.HNO3/c19-13-2-1-12(16(21)7-13)10-26-24-18(9-25-6-5-23-11-25)15-4-3-14(20)8-17(15)22;1-2-3-4-5-6-7-8-9-10-11-12-13-14-15-16-17-18-19;2-1(3)4/h1-8,11H,9-10H2;19H,2-18H2,1H3;(H,2,3,4)/b24-18+;;. The van der Waals surface area contributed by atoms with Crippen molar-refractivity contribution in [3.05, 3.63) is 96.5 Å². The van der Waals surface area contributed by atoms with Crippen LogP contribution in [0.3, 0.4) is 0 Å². The highest BCUT2D eigenvalue weighted by Crippen LogP contribution is 2.24. The van der Waals surface area contributed by atoms with Crippen molar-refractivity contribution in [2.45, 2.75) is 123 Å². The molecule has 0 saturated heterocycles. The van der Waals surface area contributed by atoms with E-state index in [4.69, 9.17) is 71.7 Å². The number of hydrogen-bond donors (Lipinski definition) is 2. The summed E-state index contributed by atoms with van der Waals surface area (Å²) in [6, 6.07) is 10.4. The summed E-state index contributed by atoms with van der Waals surface area (Å²) in [6.45, 7) is 3.30. The Kier molecular flexibility index (Phi) is 26.5. The maximum atomic E-state index is 8.67. The van der Waals surface area contributed by atoms with Crippen LogP contribution in [0.15, 0.2) is 60.3 Å². The fraction of sp³-hybridized carbons (Fsp3) is 0.556. The molecule has 0 fully saturated rings. The number of imidazole rings is 1. The summed E-state index contributed by atoms with van der Waals surface area (Å²) in [7, 11) is 0. The molecular formula is C36H52Cl4N4O5. The molecule has 2 aromatic carbocycles. The first-order valence-corrected chi connectivity index (χ1v) is 18.7. The highest BCUT2D eigenvalue weighted by Gasteiger charge is 2.12. The van der Waals surface area contributed by atoms with E-state index < -0.39 is 5.09 Å². The van der Waals surface area contributed by atoms with Gasteiger partial charge in [0.25, 0.3) is 5.09 Å². The number of nitrogens with zero attached hydrogens (tertiary/aromatic N) is 4. The molecule has 0 spiro atoms. The first-order chi connectivity index (χ1) is 23.7. The lowest BCUT2D eigenvalue weighted by molar-refractivity contribution is -0.742. The fourth-order valence-electron chi connectivity index (χ4n) is 4.92. The maximum Gasteiger partial charge on any atom is 0.291 e. The third-order valence-corrected chi connectivity index (χ3v) is 8.69. The number of aliphatic hydroxyl groups is 1. The van der Waals surface area contributed by atoms with Crippen LogP contribution in [0.4, 0.5) is 0 Å². The number of hydrogen-bond acceptors (Lipinski definition) is 6. The summed E-state index contributed by atoms with van der Waals surface area (Å²) < 4.78 is 1.86. The van der Waals surface area contributed by atoms with Crippen molar-refractivity contribution >= 4 is 52.1 Å². The molecule has 2 N–H and O–H groups in total. The van der Waals surface area contributed by atoms with Crippen molar-refractivity contribution < 1.29 is 20.2 Å². The Hall–Kier alpha value is -2.56. The van der Waals surface area contributed by atoms with E-state index in [1.165, 1.54) is 96.3 Å². The number of oxime groups is 1. The second-order valence-corrected chi connectivity index (χ2v) is 13.4. The molecule has 13 heteroatoms. The fourth-order valence-corrected chi connectivity index (χ4v) is 5.90. The molecule has 0 amide bonds. The van der Waals surface area contributed by atoms with Crippen molar-refractivity contribution in [2.75, 3.05) is 6.61 Å². The molecule has 49 heavy (non-hydrogen) atoms. The predicted molar refractivity (Wildman–Crippen MR) is 202 cm³/mol. The number of benzene rings is 2. The Balaban J connectivity index is 0.000000462. The van der Waals surface area contributed by atoms with Crippen LogP contribution in [-0.2, 0) is 18.0 Å². The molecule has 0 radical (unpaired) electrons. The molecule has 0 saturated carbocycles. The summed E-state index contributed by atoms with van der Waals surface area (Å²) in [5, 5.41) is 28.7. The molecule has 3 aromatic rings. The summed E-state index contributed by atoms with van der Waals surface area (Å²) in [6.07, 6.45) is 27.4. The van der Waals surface area contributed by atoms with Crippen LogP contribution in [0.1, 0.15) is 121 Å². The number of halogens is 4. The normalized spacial score (nSPS) is 10.9. The van der Waals surface area contributed by atoms with Gasteiger partial charge in [-0.2, -0.15) is 0 Å². The van der Waals surface area contributed by atoms with Gasteiger partial charge in [-0.1, -0.05) is 161 Å². The van der Waals surface area contributed by atoms with Crippen LogP contribution in [0, 0.1) is 10.1 Å². The highest BCUT2D eigenvalue weighted by molar-refractivity contribution is 6.37. The van der Waals surface area contributed by atoms with Crippen molar-refractivity contribution in [1.82, 2.24) is 9.55 Å². The average molecular weight is 763 g/mol. The molecule has 0 aliphatic rings. The summed E-state index contributed by atoms with van der Waals surface area (Å²) in [4.78, 5) is 17.9. The summed E-state index contributed by atoms with van der Waals surface area (Å²) in [5.74, 6) is 0. The molecule has 1 aromatic heterocycles. The Morgan fingerprint density at radius 1 is 0.816 bits per heavy atom. The second-order valence-electron chi connectivity index (χ2n) is 11.7. The molecule has 0 aliphatic carbocycles. The van der Waals surface area contributed by atoms with Crippen LogP contribution >= 0.6 is 46.4 Å². The Morgan fingerprint density at radius 3 is 1.76 bits per heavy atom. The first-order valence-electron chi connectivity index (χ1n) is 17.2. The van der Waals surface area contributed by atoms with E-state index in [1.54, 1.807) is 48.9 Å². The van der Waals surface area contributed by atoms with Crippen LogP contribution in [0.2, 0.25) is 20.1 Å². The van der Waals surface area contributed by atoms with Crippen molar-refractivity contribution in [3.8, 4) is 0 Å². The van der Waals surface area contributed by atoms with Gasteiger partial charge in [-0.05, 0) is 36.8 Å². The van der Waals surface area contributed by atoms with Gasteiger partial charge in [0, 0.05) is 45.2 Å². The third-order valence-electron chi connectivity index (χ3n) is 7.56. The largest absolute Gasteiger partial charge is 0.396 e. The lowest BCUT2D eigenvalue weighted by Crippen LogP contribution is -2.12. The van der Waals surface area contributed by atoms with Crippen LogP contribution in [-0.4, -0.2) is 37.3 Å². The number of aromatic nitrogens is 2. The zero-order valence-electron chi connectivity index (χ0n) is 28.6. The number of unbranched alkanes of at least 4 members (excludes halogenated alkanes) is 15. The van der Waals surface area contributed by atoms with Gasteiger partial charge in [-0.15, -0.1) is 10.1 Å². The minimum atomic E-state index is -1.50. The van der Waals surface area contributed by atoms with E-state index >= 15 is 0 Å². The molecule has 0 atom stereocenters. The monoisotopic (exact) mass is 760 g/mol. The van der Waals surface area contributed by atoms with Crippen molar-refractivity contribution in [1.29, 1.82) is 0 Å². The molecule has 0 unspecified atom stereocenters. The van der Waals surface area contributed by atoms with Crippen molar-refractivity contribution in [2.24, 2.45) is 5.16 Å². The zero-order chi connectivity index (χ0) is 36.1. The van der Waals surface area contributed by atoms with Gasteiger partial charge in [0.2, 0.25) is 0 Å². The van der Waals surface area contributed by atoms with Crippen LogP contribution in [0.5, 0.6) is 0 Å². The Labute approximate surface area is 311 Å². The Bertz CT molecular complexity index is 1290. The molecule has 274 valence electrons. The van der Waals surface area contributed by atoms with E-state index in [0.717, 1.165) is 17.5 Å². The van der Waals surface area contributed by atoms with Gasteiger partial charge in [-0.3, -0.25) is 0 Å². The Morgan fingerprint density at radius 2 is 1.31 bits per heavy atom. The van der Waals surface area contributed by atoms with Crippen LogP contribution in [0.25, 0.3) is 0 Å². The van der Waals surface area contributed by atoms with E-state index in [1.807, 2.05) is 10.8 Å². The predicted octanol–water partition coefficient (Wildman–Crippen LogP) is 12.0. The minimum Gasteiger partial charge on any atom is -0.396 e. The molecule has 0 aliphatic heterocycles. The number of rotatable bonds is 22. The molecular weight excluding hydrogens is 710 g/mol. The SMILES string of the molecule is CCCCCCCCCCCCCCCCCCO.Clc1ccc(CO/N=C(\Cn2ccnc2)c2ccc(Cl)cc2Cl)c(Cl)c1.O=[N+]([O-])O. The van der Waals surface area contributed by atoms with Gasteiger partial charge in [0.15, 0.2) is 0 Å². The maximum absolute atomic E-state index is 8.67. The quantitative estimate of drug-likeness (QED) is 0.0455. The van der Waals surface area contributed by atoms with E-state index in [9.17, 15) is 0 Å². The molecule has 9 nitrogen and oxygen atoms in total. The van der Waals surface area contributed by atoms with E-state index in [0.29, 0.717) is 39.0 Å². The topological polar surface area (TPSA) is 123 Å². The van der Waals surface area contributed by atoms with Gasteiger partial charge in [0.05, 0.1) is 17.9 Å². The second kappa shape index (κ2) is 29.2. The van der Waals surface area contributed by atoms with Gasteiger partial charge < -0.3 is 19.7 Å². The summed E-state index contributed by atoms with van der Waals surface area (Å²) in [5.41, 5.74) is 2.14. The highest BCUT2D eigenvalue weighted by atomic mass is 35.5. The summed E-state index contributed by atoms with van der Waals surface area (Å²) >= 11 is 24.4. The lowest BCUT2D eigenvalue weighted by Gasteiger charge is -2.10. The smallest absolute Gasteiger partial charge is 0.291 e. The minimum absolute atomic E-state index is 0.203. The van der Waals surface area contributed by atoms with Gasteiger partial charge >= 0.3 is 0 Å². The number of aliphatic hydroxyl groups excluding tert-OH is 1. The first kappa shape index (κ1) is 44.5. The van der Waals surface area contributed by atoms with E-state index in [-0.39, 0.29) is 6.61 Å². The van der Waals surface area contributed by atoms with Crippen molar-refractivity contribution in [3.63, 3.8) is 0 Å². The third kappa shape index (κ3) is 23.5. The van der Waals surface area contributed by atoms with Crippen LogP contribution < -0.4 is 0 Å². The van der Waals surface area contributed by atoms with E-state index in [2.05, 4.69) is 17.1 Å². The zero-order valence-corrected chi connectivity index (χ0v) is 31.6. The average Bonchev–Trinajstić information content (AvgIpc) is 3.57. The molecule has 1 heterocycles.